The minimum atomic E-state index is -0.910. The van der Waals surface area contributed by atoms with Crippen LogP contribution in [0.3, 0.4) is 0 Å². The van der Waals surface area contributed by atoms with E-state index in [1.54, 1.807) is 19.2 Å². The van der Waals surface area contributed by atoms with E-state index in [9.17, 15) is 14.4 Å². The number of alkyl carbamates (subject to hydrolysis) is 1. The molecule has 0 saturated heterocycles. The van der Waals surface area contributed by atoms with Crippen molar-refractivity contribution in [3.8, 4) is 5.75 Å². The number of nitrogens with one attached hydrogen (secondary N) is 2. The number of hydrogen-bond acceptors (Lipinski definition) is 6. The van der Waals surface area contributed by atoms with Gasteiger partial charge in [-0.3, -0.25) is 4.79 Å². The predicted octanol–water partition coefficient (Wildman–Crippen LogP) is 3.24. The van der Waals surface area contributed by atoms with Gasteiger partial charge < -0.3 is 24.8 Å². The lowest BCUT2D eigenvalue weighted by atomic mass is 10.0. The summed E-state index contributed by atoms with van der Waals surface area (Å²) in [6, 6.07) is 14.6. The molecule has 0 radical (unpaired) electrons. The Kier molecular flexibility index (Phi) is 10.2. The second kappa shape index (κ2) is 13.1. The maximum atomic E-state index is 13.0. The van der Waals surface area contributed by atoms with Crippen LogP contribution in [0, 0.1) is 5.92 Å². The molecule has 0 aliphatic rings. The quantitative estimate of drug-likeness (QED) is 0.503. The molecular weight excluding hydrogens is 424 g/mol. The number of carbonyl (C=O) groups excluding carboxylic acids is 3. The topological polar surface area (TPSA) is 103 Å². The molecule has 0 fully saturated rings. The summed E-state index contributed by atoms with van der Waals surface area (Å²) >= 11 is 0. The molecule has 0 spiro atoms. The molecule has 2 aromatic carbocycles. The second-order valence-corrected chi connectivity index (χ2v) is 8.02. The summed E-state index contributed by atoms with van der Waals surface area (Å²) in [5, 5.41) is 5.33. The highest BCUT2D eigenvalue weighted by molar-refractivity contribution is 5.89. The summed E-state index contributed by atoms with van der Waals surface area (Å²) in [5.41, 5.74) is 1.66. The summed E-state index contributed by atoms with van der Waals surface area (Å²) in [6.07, 6.45) is -0.0951. The summed E-state index contributed by atoms with van der Waals surface area (Å²) in [7, 11) is 2.83. The van der Waals surface area contributed by atoms with Crippen LogP contribution in [0.1, 0.15) is 31.4 Å². The largest absolute Gasteiger partial charge is 0.497 e. The molecule has 8 heteroatoms. The Morgan fingerprint density at radius 1 is 0.848 bits per heavy atom. The summed E-state index contributed by atoms with van der Waals surface area (Å²) < 4.78 is 15.3. The van der Waals surface area contributed by atoms with Gasteiger partial charge in [-0.15, -0.1) is 0 Å². The maximum absolute atomic E-state index is 13.0. The summed E-state index contributed by atoms with van der Waals surface area (Å²) in [6.45, 7) is 3.96. The van der Waals surface area contributed by atoms with Crippen LogP contribution < -0.4 is 15.4 Å². The van der Waals surface area contributed by atoms with Crippen LogP contribution in [0.4, 0.5) is 4.79 Å². The molecule has 33 heavy (non-hydrogen) atoms. The highest BCUT2D eigenvalue weighted by Crippen LogP contribution is 2.14. The number of carbonyl (C=O) groups is 3. The molecule has 0 heterocycles. The van der Waals surface area contributed by atoms with E-state index in [1.807, 2.05) is 56.3 Å². The first-order valence-corrected chi connectivity index (χ1v) is 10.8. The second-order valence-electron chi connectivity index (χ2n) is 8.02. The zero-order chi connectivity index (χ0) is 24.2. The van der Waals surface area contributed by atoms with Gasteiger partial charge >= 0.3 is 12.1 Å². The van der Waals surface area contributed by atoms with E-state index >= 15 is 0 Å². The first-order chi connectivity index (χ1) is 15.8. The van der Waals surface area contributed by atoms with E-state index < -0.39 is 30.1 Å². The molecule has 178 valence electrons. The lowest BCUT2D eigenvalue weighted by Crippen LogP contribution is -2.53. The number of benzene rings is 2. The Morgan fingerprint density at radius 3 is 2.09 bits per heavy atom. The van der Waals surface area contributed by atoms with Crippen molar-refractivity contribution in [1.29, 1.82) is 0 Å². The molecule has 0 aliphatic carbocycles. The Bertz CT molecular complexity index is 899. The Labute approximate surface area is 194 Å². The van der Waals surface area contributed by atoms with Gasteiger partial charge in [0.25, 0.3) is 0 Å². The van der Waals surface area contributed by atoms with E-state index in [-0.39, 0.29) is 18.9 Å². The Morgan fingerprint density at radius 2 is 1.52 bits per heavy atom. The molecule has 8 nitrogen and oxygen atoms in total. The fraction of sp³-hybridized carbons (Fsp3) is 0.400. The zero-order valence-electron chi connectivity index (χ0n) is 19.5. The number of esters is 1. The number of ether oxygens (including phenoxy) is 3. The minimum absolute atomic E-state index is 0.0882. The number of rotatable bonds is 11. The highest BCUT2D eigenvalue weighted by Gasteiger charge is 2.28. The van der Waals surface area contributed by atoms with Gasteiger partial charge in [-0.1, -0.05) is 56.3 Å². The van der Waals surface area contributed by atoms with Crippen molar-refractivity contribution >= 4 is 18.0 Å². The van der Waals surface area contributed by atoms with Gasteiger partial charge in [0.1, 0.15) is 24.4 Å². The molecule has 2 aromatic rings. The molecule has 2 rings (SSSR count). The van der Waals surface area contributed by atoms with Gasteiger partial charge in [0, 0.05) is 6.42 Å². The number of amides is 2. The lowest BCUT2D eigenvalue weighted by molar-refractivity contribution is -0.145. The standard InChI is InChI=1S/C25H32N2O6/c1-17(2)14-21(27-25(30)33-16-19-8-6-5-7-9-19)23(28)26-22(24(29)32-4)15-18-10-12-20(31-3)13-11-18/h5-13,17,21-22H,14-16H2,1-4H3,(H,26,28)(H,27,30)/t21-,22+/m0/s1. The van der Waals surface area contributed by atoms with Crippen LogP contribution >= 0.6 is 0 Å². The van der Waals surface area contributed by atoms with E-state index in [0.717, 1.165) is 11.1 Å². The van der Waals surface area contributed by atoms with E-state index in [1.165, 1.54) is 7.11 Å². The minimum Gasteiger partial charge on any atom is -0.497 e. The normalized spacial score (nSPS) is 12.4. The van der Waals surface area contributed by atoms with Crippen LogP contribution in [0.25, 0.3) is 0 Å². The van der Waals surface area contributed by atoms with Gasteiger partial charge in [-0.05, 0) is 35.6 Å². The summed E-state index contributed by atoms with van der Waals surface area (Å²) in [5.74, 6) is -0.251. The van der Waals surface area contributed by atoms with Crippen LogP contribution in [0.2, 0.25) is 0 Å². The fourth-order valence-electron chi connectivity index (χ4n) is 3.22. The van der Waals surface area contributed by atoms with Crippen molar-refractivity contribution in [2.45, 2.75) is 45.4 Å². The van der Waals surface area contributed by atoms with E-state index in [4.69, 9.17) is 14.2 Å². The molecule has 0 bridgehead atoms. The highest BCUT2D eigenvalue weighted by atomic mass is 16.5. The SMILES string of the molecule is COC(=O)[C@@H](Cc1ccc(OC)cc1)NC(=O)[C@H](CC(C)C)NC(=O)OCc1ccccc1. The van der Waals surface area contributed by atoms with Gasteiger partial charge in [-0.25, -0.2) is 9.59 Å². The van der Waals surface area contributed by atoms with E-state index in [2.05, 4.69) is 10.6 Å². The molecule has 2 N–H and O–H groups in total. The van der Waals surface area contributed by atoms with Crippen LogP contribution in [-0.4, -0.2) is 44.3 Å². The molecular formula is C25H32N2O6. The van der Waals surface area contributed by atoms with Gasteiger partial charge in [-0.2, -0.15) is 0 Å². The first-order valence-electron chi connectivity index (χ1n) is 10.8. The van der Waals surface area contributed by atoms with Gasteiger partial charge in [0.05, 0.1) is 14.2 Å². The molecule has 0 aliphatic heterocycles. The average molecular weight is 457 g/mol. The molecule has 0 aromatic heterocycles. The molecule has 0 unspecified atom stereocenters. The van der Waals surface area contributed by atoms with Gasteiger partial charge in [0.2, 0.25) is 5.91 Å². The van der Waals surface area contributed by atoms with Crippen molar-refractivity contribution in [3.05, 3.63) is 65.7 Å². The monoisotopic (exact) mass is 456 g/mol. The molecule has 0 saturated carbocycles. The lowest BCUT2D eigenvalue weighted by Gasteiger charge is -2.23. The summed E-state index contributed by atoms with van der Waals surface area (Å²) in [4.78, 5) is 37.7. The third kappa shape index (κ3) is 8.84. The Hall–Kier alpha value is -3.55. The third-order valence-corrected chi connectivity index (χ3v) is 4.93. The van der Waals surface area contributed by atoms with Gasteiger partial charge in [0.15, 0.2) is 0 Å². The van der Waals surface area contributed by atoms with Crippen LogP contribution in [-0.2, 0) is 32.1 Å². The predicted molar refractivity (Wildman–Crippen MR) is 124 cm³/mol. The van der Waals surface area contributed by atoms with Crippen molar-refractivity contribution in [3.63, 3.8) is 0 Å². The van der Waals surface area contributed by atoms with Crippen molar-refractivity contribution in [1.82, 2.24) is 10.6 Å². The first kappa shape index (κ1) is 25.7. The smallest absolute Gasteiger partial charge is 0.408 e. The van der Waals surface area contributed by atoms with Crippen LogP contribution in [0.5, 0.6) is 5.75 Å². The molecule has 2 amide bonds. The molecule has 2 atom stereocenters. The number of methoxy groups -OCH3 is 2. The zero-order valence-corrected chi connectivity index (χ0v) is 19.5. The number of hydrogen-bond donors (Lipinski definition) is 2. The van der Waals surface area contributed by atoms with Crippen molar-refractivity contribution in [2.75, 3.05) is 14.2 Å². The maximum Gasteiger partial charge on any atom is 0.408 e. The van der Waals surface area contributed by atoms with Crippen molar-refractivity contribution < 1.29 is 28.6 Å². The Balaban J connectivity index is 2.03. The average Bonchev–Trinajstić information content (AvgIpc) is 2.82. The fourth-order valence-corrected chi connectivity index (χ4v) is 3.22. The van der Waals surface area contributed by atoms with Crippen molar-refractivity contribution in [2.24, 2.45) is 5.92 Å². The van der Waals surface area contributed by atoms with Crippen LogP contribution in [0.15, 0.2) is 54.6 Å². The third-order valence-electron chi connectivity index (χ3n) is 4.93. The van der Waals surface area contributed by atoms with E-state index in [0.29, 0.717) is 12.2 Å².